The van der Waals surface area contributed by atoms with Crippen molar-refractivity contribution in [3.8, 4) is 12.1 Å². The molecule has 5 rings (SSSR count). The van der Waals surface area contributed by atoms with Crippen LogP contribution in [0.2, 0.25) is 0 Å². The molecule has 1 aromatic carbocycles. The Balaban J connectivity index is 1.57. The van der Waals surface area contributed by atoms with Crippen LogP contribution in [0.5, 0.6) is 0 Å². The highest BCUT2D eigenvalue weighted by atomic mass is 19.1. The highest BCUT2D eigenvalue weighted by molar-refractivity contribution is 5.92. The summed E-state index contributed by atoms with van der Waals surface area (Å²) in [7, 11) is 3.54. The lowest BCUT2D eigenvalue weighted by Crippen LogP contribution is -2.54. The summed E-state index contributed by atoms with van der Waals surface area (Å²) in [5.41, 5.74) is 3.24. The van der Waals surface area contributed by atoms with Crippen LogP contribution in [-0.2, 0) is 14.1 Å². The van der Waals surface area contributed by atoms with Crippen molar-refractivity contribution in [1.29, 1.82) is 10.5 Å². The Hall–Kier alpha value is -4.54. The first-order valence-electron chi connectivity index (χ1n) is 11.9. The third kappa shape index (κ3) is 4.11. The summed E-state index contributed by atoms with van der Waals surface area (Å²) < 4.78 is 17.1. The van der Waals surface area contributed by atoms with Gasteiger partial charge in [0.1, 0.15) is 34.7 Å². The fourth-order valence-corrected chi connectivity index (χ4v) is 5.23. The molecule has 2 atom stereocenters. The summed E-state index contributed by atoms with van der Waals surface area (Å²) in [5.74, 6) is -0.295. The molecule has 1 aliphatic heterocycles. The van der Waals surface area contributed by atoms with Gasteiger partial charge in [0.05, 0.1) is 35.5 Å². The first-order chi connectivity index (χ1) is 17.8. The van der Waals surface area contributed by atoms with Gasteiger partial charge in [-0.05, 0) is 36.8 Å². The molecular weight excluding hydrogens is 471 g/mol. The lowest BCUT2D eigenvalue weighted by molar-refractivity contribution is 0.146. The van der Waals surface area contributed by atoms with Gasteiger partial charge in [-0.2, -0.15) is 10.5 Å². The predicted octanol–water partition coefficient (Wildman–Crippen LogP) is 2.85. The van der Waals surface area contributed by atoms with E-state index in [0.717, 1.165) is 11.3 Å². The molecule has 0 aliphatic carbocycles. The predicted molar refractivity (Wildman–Crippen MR) is 136 cm³/mol. The number of halogens is 1. The molecule has 186 valence electrons. The van der Waals surface area contributed by atoms with Crippen LogP contribution < -0.4 is 10.5 Å². The van der Waals surface area contributed by atoms with E-state index in [1.54, 1.807) is 37.6 Å². The van der Waals surface area contributed by atoms with Crippen molar-refractivity contribution in [3.05, 3.63) is 87.6 Å². The minimum Gasteiger partial charge on any atom is -0.366 e. The molecule has 10 heteroatoms. The monoisotopic (exact) mass is 496 g/mol. The Morgan fingerprint density at radius 2 is 1.84 bits per heavy atom. The molecule has 1 saturated heterocycles. The fourth-order valence-electron chi connectivity index (χ4n) is 5.23. The van der Waals surface area contributed by atoms with Crippen LogP contribution in [0.1, 0.15) is 35.5 Å². The third-order valence-electron chi connectivity index (χ3n) is 7.09. The lowest BCUT2D eigenvalue weighted by Gasteiger charge is -2.45. The van der Waals surface area contributed by atoms with Gasteiger partial charge in [-0.25, -0.2) is 14.4 Å². The number of nitriles is 2. The normalized spacial score (nSPS) is 16.9. The van der Waals surface area contributed by atoms with Crippen molar-refractivity contribution in [2.45, 2.75) is 19.0 Å². The van der Waals surface area contributed by atoms with Gasteiger partial charge in [-0.1, -0.05) is 12.1 Å². The largest absolute Gasteiger partial charge is 0.366 e. The van der Waals surface area contributed by atoms with E-state index >= 15 is 0 Å². The highest BCUT2D eigenvalue weighted by Crippen LogP contribution is 2.35. The van der Waals surface area contributed by atoms with Crippen LogP contribution in [0, 0.1) is 28.5 Å². The number of hydrogen-bond acceptors (Lipinski definition) is 7. The van der Waals surface area contributed by atoms with Crippen molar-refractivity contribution >= 4 is 16.7 Å². The summed E-state index contributed by atoms with van der Waals surface area (Å²) in [6.45, 7) is 3.73. The fraction of sp³-hybridized carbons (Fsp3) is 0.296. The average molecular weight is 497 g/mol. The number of piperazine rings is 1. The van der Waals surface area contributed by atoms with E-state index < -0.39 is 5.56 Å². The second kappa shape index (κ2) is 9.49. The van der Waals surface area contributed by atoms with E-state index in [1.807, 2.05) is 22.7 Å². The van der Waals surface area contributed by atoms with Crippen molar-refractivity contribution in [2.24, 2.45) is 14.1 Å². The third-order valence-corrected chi connectivity index (χ3v) is 7.09. The van der Waals surface area contributed by atoms with Gasteiger partial charge in [0, 0.05) is 39.8 Å². The zero-order valence-electron chi connectivity index (χ0n) is 20.8. The zero-order valence-corrected chi connectivity index (χ0v) is 20.8. The standard InChI is InChI=1S/C27H25FN8O/c1-17-15-35(26-21(13-30)27(37)34(3)22-9-8-20(12-29)32-24(22)26)10-11-36(17)25(23-14-31-16-33(23)2)18-4-6-19(28)7-5-18/h4-9,14,16-17,25H,10-11,15H2,1-3H3/t17-,25?/m1/s1. The molecule has 0 N–H and O–H groups in total. The molecule has 0 radical (unpaired) electrons. The Bertz CT molecular complexity index is 1630. The second-order valence-electron chi connectivity index (χ2n) is 9.29. The van der Waals surface area contributed by atoms with Crippen molar-refractivity contribution in [1.82, 2.24) is 24.0 Å². The highest BCUT2D eigenvalue weighted by Gasteiger charge is 2.34. The summed E-state index contributed by atoms with van der Waals surface area (Å²) in [6.07, 6.45) is 3.57. The number of fused-ring (bicyclic) bond motifs is 1. The molecule has 3 aromatic heterocycles. The Labute approximate surface area is 213 Å². The molecular formula is C27H25FN8O. The Kier molecular flexibility index (Phi) is 6.20. The molecule has 0 saturated carbocycles. The van der Waals surface area contributed by atoms with Gasteiger partial charge in [-0.3, -0.25) is 9.69 Å². The Morgan fingerprint density at radius 1 is 1.08 bits per heavy atom. The number of pyridine rings is 2. The summed E-state index contributed by atoms with van der Waals surface area (Å²) in [6, 6.07) is 13.7. The molecule has 4 heterocycles. The number of rotatable bonds is 4. The first kappa shape index (κ1) is 24.2. The minimum absolute atomic E-state index is 0.0106. The van der Waals surface area contributed by atoms with Crippen molar-refractivity contribution < 1.29 is 4.39 Å². The molecule has 0 bridgehead atoms. The minimum atomic E-state index is -0.398. The van der Waals surface area contributed by atoms with Crippen LogP contribution in [0.4, 0.5) is 10.1 Å². The van der Waals surface area contributed by atoms with Gasteiger partial charge in [0.15, 0.2) is 0 Å². The van der Waals surface area contributed by atoms with Crippen LogP contribution in [0.25, 0.3) is 11.0 Å². The number of hydrogen-bond donors (Lipinski definition) is 0. The second-order valence-corrected chi connectivity index (χ2v) is 9.29. The van der Waals surface area contributed by atoms with E-state index in [4.69, 9.17) is 0 Å². The molecule has 1 fully saturated rings. The van der Waals surface area contributed by atoms with Gasteiger partial charge in [0.25, 0.3) is 5.56 Å². The average Bonchev–Trinajstić information content (AvgIpc) is 3.33. The van der Waals surface area contributed by atoms with Crippen LogP contribution in [0.3, 0.4) is 0 Å². The van der Waals surface area contributed by atoms with Crippen LogP contribution in [-0.4, -0.2) is 49.7 Å². The number of imidazole rings is 1. The lowest BCUT2D eigenvalue weighted by atomic mass is 9.98. The first-order valence-corrected chi connectivity index (χ1v) is 11.9. The van der Waals surface area contributed by atoms with Gasteiger partial charge < -0.3 is 14.0 Å². The molecule has 1 unspecified atom stereocenters. The molecule has 0 amide bonds. The number of nitrogens with zero attached hydrogens (tertiary/aromatic N) is 8. The number of anilines is 1. The number of aryl methyl sites for hydroxylation is 2. The zero-order chi connectivity index (χ0) is 26.3. The van der Waals surface area contributed by atoms with E-state index in [-0.39, 0.29) is 29.2 Å². The van der Waals surface area contributed by atoms with E-state index in [9.17, 15) is 19.7 Å². The summed E-state index contributed by atoms with van der Waals surface area (Å²) in [4.78, 5) is 26.2. The quantitative estimate of drug-likeness (QED) is 0.428. The molecule has 9 nitrogen and oxygen atoms in total. The summed E-state index contributed by atoms with van der Waals surface area (Å²) in [5, 5.41) is 19.4. The molecule has 0 spiro atoms. The Morgan fingerprint density at radius 3 is 2.46 bits per heavy atom. The van der Waals surface area contributed by atoms with Crippen molar-refractivity contribution in [3.63, 3.8) is 0 Å². The summed E-state index contributed by atoms with van der Waals surface area (Å²) >= 11 is 0. The van der Waals surface area contributed by atoms with E-state index in [0.29, 0.717) is 36.4 Å². The number of benzene rings is 1. The van der Waals surface area contributed by atoms with E-state index in [2.05, 4.69) is 33.9 Å². The van der Waals surface area contributed by atoms with E-state index in [1.165, 1.54) is 16.7 Å². The van der Waals surface area contributed by atoms with Gasteiger partial charge in [0.2, 0.25) is 0 Å². The molecule has 4 aromatic rings. The SMILES string of the molecule is C[C@@H]1CN(c2c(C#N)c(=O)n(C)c3ccc(C#N)nc23)CCN1C(c1ccc(F)cc1)c1cncn1C. The van der Waals surface area contributed by atoms with Gasteiger partial charge in [-0.15, -0.1) is 0 Å². The van der Waals surface area contributed by atoms with Gasteiger partial charge >= 0.3 is 0 Å². The molecule has 1 aliphatic rings. The van der Waals surface area contributed by atoms with Crippen molar-refractivity contribution in [2.75, 3.05) is 24.5 Å². The number of aromatic nitrogens is 4. The maximum absolute atomic E-state index is 13.7. The van der Waals surface area contributed by atoms with Crippen LogP contribution >= 0.6 is 0 Å². The maximum atomic E-state index is 13.7. The maximum Gasteiger partial charge on any atom is 0.270 e. The smallest absolute Gasteiger partial charge is 0.270 e. The van der Waals surface area contributed by atoms with Crippen LogP contribution in [0.15, 0.2) is 53.7 Å². The molecule has 37 heavy (non-hydrogen) atoms. The topological polar surface area (TPSA) is 107 Å².